The molecule has 1 aromatic rings. The lowest BCUT2D eigenvalue weighted by Gasteiger charge is -2.26. The van der Waals surface area contributed by atoms with Gasteiger partial charge in [0.15, 0.2) is 0 Å². The van der Waals surface area contributed by atoms with E-state index in [9.17, 15) is 0 Å². The molecule has 0 atom stereocenters. The Bertz CT molecular complexity index is 339. The maximum atomic E-state index is 6.14. The van der Waals surface area contributed by atoms with Crippen molar-refractivity contribution < 1.29 is 4.74 Å². The third-order valence-corrected chi connectivity index (χ3v) is 3.16. The fraction of sp³-hybridized carbons (Fsp3) is 0.455. The van der Waals surface area contributed by atoms with Gasteiger partial charge in [-0.05, 0) is 17.7 Å². The first kappa shape index (κ1) is 11.3. The molecular formula is C11H14ClNOS. The maximum absolute atomic E-state index is 6.14. The molecule has 2 rings (SSSR count). The van der Waals surface area contributed by atoms with Gasteiger partial charge in [0.2, 0.25) is 0 Å². The van der Waals surface area contributed by atoms with E-state index in [2.05, 4.69) is 17.5 Å². The van der Waals surface area contributed by atoms with E-state index in [1.54, 1.807) is 0 Å². The van der Waals surface area contributed by atoms with Gasteiger partial charge < -0.3 is 4.74 Å². The summed E-state index contributed by atoms with van der Waals surface area (Å²) in [5, 5.41) is 0.800. The van der Waals surface area contributed by atoms with Crippen molar-refractivity contribution in [2.75, 3.05) is 26.3 Å². The van der Waals surface area contributed by atoms with Crippen molar-refractivity contribution in [1.82, 2.24) is 4.90 Å². The van der Waals surface area contributed by atoms with Crippen LogP contribution in [0.4, 0.5) is 0 Å². The molecule has 15 heavy (non-hydrogen) atoms. The number of hydrogen-bond acceptors (Lipinski definition) is 3. The first-order valence-electron chi connectivity index (χ1n) is 5.03. The first-order chi connectivity index (χ1) is 7.25. The molecular weight excluding hydrogens is 230 g/mol. The van der Waals surface area contributed by atoms with E-state index in [0.29, 0.717) is 0 Å². The highest BCUT2D eigenvalue weighted by Gasteiger charge is 2.12. The molecule has 1 aliphatic heterocycles. The number of thiol groups is 1. The topological polar surface area (TPSA) is 12.5 Å². The minimum absolute atomic E-state index is 0.800. The van der Waals surface area contributed by atoms with Gasteiger partial charge in [-0.2, -0.15) is 0 Å². The molecule has 0 amide bonds. The van der Waals surface area contributed by atoms with Crippen LogP contribution >= 0.6 is 24.2 Å². The normalized spacial score (nSPS) is 18.0. The monoisotopic (exact) mass is 243 g/mol. The quantitative estimate of drug-likeness (QED) is 0.802. The third kappa shape index (κ3) is 3.11. The number of rotatable bonds is 2. The van der Waals surface area contributed by atoms with E-state index in [4.69, 9.17) is 16.3 Å². The van der Waals surface area contributed by atoms with Crippen molar-refractivity contribution in [1.29, 1.82) is 0 Å². The van der Waals surface area contributed by atoms with E-state index >= 15 is 0 Å². The van der Waals surface area contributed by atoms with Crippen molar-refractivity contribution in [2.24, 2.45) is 0 Å². The van der Waals surface area contributed by atoms with Crippen LogP contribution in [0.3, 0.4) is 0 Å². The molecule has 0 unspecified atom stereocenters. The Balaban J connectivity index is 2.03. The van der Waals surface area contributed by atoms with Gasteiger partial charge in [0, 0.05) is 29.6 Å². The minimum Gasteiger partial charge on any atom is -0.379 e. The highest BCUT2D eigenvalue weighted by molar-refractivity contribution is 7.80. The van der Waals surface area contributed by atoms with Gasteiger partial charge in [0.1, 0.15) is 0 Å². The molecule has 0 N–H and O–H groups in total. The van der Waals surface area contributed by atoms with Crippen molar-refractivity contribution in [3.63, 3.8) is 0 Å². The molecule has 2 nitrogen and oxygen atoms in total. The molecule has 1 aromatic carbocycles. The van der Waals surface area contributed by atoms with Crippen LogP contribution in [0.25, 0.3) is 0 Å². The van der Waals surface area contributed by atoms with E-state index in [1.807, 2.05) is 18.2 Å². The number of halogens is 1. The first-order valence-corrected chi connectivity index (χ1v) is 5.86. The summed E-state index contributed by atoms with van der Waals surface area (Å²) in [7, 11) is 0. The number of ether oxygens (including phenoxy) is 1. The second-order valence-electron chi connectivity index (χ2n) is 3.66. The molecule has 0 aliphatic carbocycles. The smallest absolute Gasteiger partial charge is 0.0594 e. The Hall–Kier alpha value is -0.220. The zero-order chi connectivity index (χ0) is 10.7. The summed E-state index contributed by atoms with van der Waals surface area (Å²) in [5.41, 5.74) is 1.16. The van der Waals surface area contributed by atoms with Crippen molar-refractivity contribution >= 4 is 24.2 Å². The van der Waals surface area contributed by atoms with Gasteiger partial charge in [-0.25, -0.2) is 0 Å². The van der Waals surface area contributed by atoms with Crippen LogP contribution in [0.1, 0.15) is 5.56 Å². The average molecular weight is 244 g/mol. The van der Waals surface area contributed by atoms with Gasteiger partial charge in [0.25, 0.3) is 0 Å². The van der Waals surface area contributed by atoms with Gasteiger partial charge >= 0.3 is 0 Å². The molecule has 1 fully saturated rings. The molecule has 1 heterocycles. The Morgan fingerprint density at radius 1 is 1.33 bits per heavy atom. The van der Waals surface area contributed by atoms with E-state index in [-0.39, 0.29) is 0 Å². The lowest BCUT2D eigenvalue weighted by molar-refractivity contribution is 0.0342. The SMILES string of the molecule is Sc1ccc(CN2CCOCC2)c(Cl)c1. The van der Waals surface area contributed by atoms with Gasteiger partial charge in [-0.3, -0.25) is 4.90 Å². The summed E-state index contributed by atoms with van der Waals surface area (Å²) in [6, 6.07) is 5.91. The second-order valence-corrected chi connectivity index (χ2v) is 4.59. The Morgan fingerprint density at radius 3 is 2.73 bits per heavy atom. The largest absolute Gasteiger partial charge is 0.379 e. The predicted molar refractivity (Wildman–Crippen MR) is 64.8 cm³/mol. The predicted octanol–water partition coefficient (Wildman–Crippen LogP) is 2.46. The van der Waals surface area contributed by atoms with Gasteiger partial charge in [-0.15, -0.1) is 12.6 Å². The molecule has 1 aliphatic rings. The average Bonchev–Trinajstić information content (AvgIpc) is 2.24. The van der Waals surface area contributed by atoms with Crippen LogP contribution in [0.15, 0.2) is 23.1 Å². The van der Waals surface area contributed by atoms with E-state index in [0.717, 1.165) is 48.3 Å². The lowest BCUT2D eigenvalue weighted by atomic mass is 10.2. The second kappa shape index (κ2) is 5.21. The molecule has 4 heteroatoms. The minimum atomic E-state index is 0.800. The molecule has 0 saturated carbocycles. The third-order valence-electron chi connectivity index (χ3n) is 2.53. The summed E-state index contributed by atoms with van der Waals surface area (Å²) in [6.45, 7) is 4.51. The Morgan fingerprint density at radius 2 is 2.07 bits per heavy atom. The van der Waals surface area contributed by atoms with Crippen LogP contribution in [0.5, 0.6) is 0 Å². The summed E-state index contributed by atoms with van der Waals surface area (Å²) in [5.74, 6) is 0. The van der Waals surface area contributed by atoms with Gasteiger partial charge in [-0.1, -0.05) is 17.7 Å². The molecule has 0 radical (unpaired) electrons. The van der Waals surface area contributed by atoms with Crippen LogP contribution in [-0.4, -0.2) is 31.2 Å². The molecule has 0 aromatic heterocycles. The maximum Gasteiger partial charge on any atom is 0.0594 e. The Kier molecular flexibility index (Phi) is 3.92. The molecule has 82 valence electrons. The number of hydrogen-bond donors (Lipinski definition) is 1. The zero-order valence-corrected chi connectivity index (χ0v) is 10.1. The van der Waals surface area contributed by atoms with Crippen LogP contribution in [0.2, 0.25) is 5.02 Å². The number of nitrogens with zero attached hydrogens (tertiary/aromatic N) is 1. The summed E-state index contributed by atoms with van der Waals surface area (Å²) in [6.07, 6.45) is 0. The van der Waals surface area contributed by atoms with E-state index in [1.165, 1.54) is 0 Å². The highest BCUT2D eigenvalue weighted by atomic mass is 35.5. The van der Waals surface area contributed by atoms with Crippen LogP contribution in [0, 0.1) is 0 Å². The molecule has 1 saturated heterocycles. The fourth-order valence-electron chi connectivity index (χ4n) is 1.66. The molecule has 0 spiro atoms. The summed E-state index contributed by atoms with van der Waals surface area (Å²) >= 11 is 10.4. The fourth-order valence-corrected chi connectivity index (χ4v) is 2.18. The van der Waals surface area contributed by atoms with Crippen molar-refractivity contribution in [3.05, 3.63) is 28.8 Å². The number of benzene rings is 1. The number of morpholine rings is 1. The van der Waals surface area contributed by atoms with Gasteiger partial charge in [0.05, 0.1) is 13.2 Å². The van der Waals surface area contributed by atoms with Crippen molar-refractivity contribution in [2.45, 2.75) is 11.4 Å². The summed E-state index contributed by atoms with van der Waals surface area (Å²) < 4.78 is 5.30. The highest BCUT2D eigenvalue weighted by Crippen LogP contribution is 2.21. The van der Waals surface area contributed by atoms with Crippen LogP contribution in [-0.2, 0) is 11.3 Å². The standard InChI is InChI=1S/C11H14ClNOS/c12-11-7-10(15)2-1-9(11)8-13-3-5-14-6-4-13/h1-2,7,15H,3-6,8H2. The Labute approximate surface area is 101 Å². The lowest BCUT2D eigenvalue weighted by Crippen LogP contribution is -2.35. The summed E-state index contributed by atoms with van der Waals surface area (Å²) in [4.78, 5) is 3.26. The van der Waals surface area contributed by atoms with Crippen molar-refractivity contribution in [3.8, 4) is 0 Å². The van der Waals surface area contributed by atoms with Crippen LogP contribution < -0.4 is 0 Å². The van der Waals surface area contributed by atoms with E-state index < -0.39 is 0 Å². The molecule has 0 bridgehead atoms. The zero-order valence-electron chi connectivity index (χ0n) is 8.45.